The molecule has 1 atom stereocenters. The molecule has 1 fully saturated rings. The fraction of sp³-hybridized carbons (Fsp3) is 0.400. The molecule has 3 N–H and O–H groups in total. The van der Waals surface area contributed by atoms with E-state index in [-0.39, 0.29) is 5.91 Å². The van der Waals surface area contributed by atoms with Gasteiger partial charge in [0, 0.05) is 17.3 Å². The molecule has 0 spiro atoms. The maximum atomic E-state index is 12.0. The van der Waals surface area contributed by atoms with E-state index in [1.165, 1.54) is 29.6 Å². The molecule has 2 heterocycles. The lowest BCUT2D eigenvalue weighted by atomic mass is 10.1. The lowest BCUT2D eigenvalue weighted by Crippen LogP contribution is -2.31. The van der Waals surface area contributed by atoms with Gasteiger partial charge < -0.3 is 0 Å². The summed E-state index contributed by atoms with van der Waals surface area (Å²) in [5.74, 6) is 5.14. The molecule has 0 bridgehead atoms. The predicted octanol–water partition coefficient (Wildman–Crippen LogP) is 2.49. The second-order valence-electron chi connectivity index (χ2n) is 5.34. The van der Waals surface area contributed by atoms with Crippen LogP contribution in [0.5, 0.6) is 0 Å². The average Bonchev–Trinajstić information content (AvgIpc) is 3.03. The molecule has 0 saturated carbocycles. The van der Waals surface area contributed by atoms with Crippen molar-refractivity contribution in [1.29, 1.82) is 0 Å². The van der Waals surface area contributed by atoms with Gasteiger partial charge >= 0.3 is 0 Å². The van der Waals surface area contributed by atoms with Crippen LogP contribution in [0.1, 0.15) is 35.0 Å². The minimum Gasteiger partial charge on any atom is -0.296 e. The standard InChI is InChI=1S/C15H19N3OS/c1-10-5-4-8-18(10)9-12-11-6-2-3-7-13(11)20-14(12)15(19)17-16/h2-3,6-7,10H,4-5,8-9,16H2,1H3,(H,17,19). The van der Waals surface area contributed by atoms with Crippen LogP contribution in [0.15, 0.2) is 24.3 Å². The summed E-state index contributed by atoms with van der Waals surface area (Å²) in [4.78, 5) is 15.2. The first kappa shape index (κ1) is 13.5. The molecule has 20 heavy (non-hydrogen) atoms. The van der Waals surface area contributed by atoms with E-state index in [2.05, 4.69) is 29.4 Å². The van der Waals surface area contributed by atoms with Crippen molar-refractivity contribution in [2.24, 2.45) is 5.84 Å². The second-order valence-corrected chi connectivity index (χ2v) is 6.39. The average molecular weight is 289 g/mol. The van der Waals surface area contributed by atoms with Gasteiger partial charge in [-0.05, 0) is 43.3 Å². The van der Waals surface area contributed by atoms with Crippen molar-refractivity contribution in [2.75, 3.05) is 6.54 Å². The third kappa shape index (κ3) is 2.32. The van der Waals surface area contributed by atoms with E-state index in [0.29, 0.717) is 6.04 Å². The molecule has 1 amide bonds. The molecular formula is C15H19N3OS. The highest BCUT2D eigenvalue weighted by Gasteiger charge is 2.24. The molecular weight excluding hydrogens is 270 g/mol. The van der Waals surface area contributed by atoms with Crippen LogP contribution in [0.3, 0.4) is 0 Å². The SMILES string of the molecule is CC1CCCN1Cc1c(C(=O)NN)sc2ccccc12. The van der Waals surface area contributed by atoms with Gasteiger partial charge in [-0.25, -0.2) is 5.84 Å². The van der Waals surface area contributed by atoms with Crippen LogP contribution >= 0.6 is 11.3 Å². The number of benzene rings is 1. The Balaban J connectivity index is 2.04. The summed E-state index contributed by atoms with van der Waals surface area (Å²) in [6, 6.07) is 8.77. The first-order chi connectivity index (χ1) is 9.70. The van der Waals surface area contributed by atoms with E-state index >= 15 is 0 Å². The summed E-state index contributed by atoms with van der Waals surface area (Å²) in [5.41, 5.74) is 3.38. The number of rotatable bonds is 3. The number of nitrogens with two attached hydrogens (primary N) is 1. The third-order valence-corrected chi connectivity index (χ3v) is 5.30. The first-order valence-electron chi connectivity index (χ1n) is 6.96. The molecule has 106 valence electrons. The van der Waals surface area contributed by atoms with Crippen molar-refractivity contribution in [3.05, 3.63) is 34.7 Å². The zero-order valence-electron chi connectivity index (χ0n) is 11.6. The number of nitrogens with zero attached hydrogens (tertiary/aromatic N) is 1. The lowest BCUT2D eigenvalue weighted by molar-refractivity contribution is 0.0955. The van der Waals surface area contributed by atoms with Gasteiger partial charge in [-0.3, -0.25) is 15.1 Å². The molecule has 0 radical (unpaired) electrons. The van der Waals surface area contributed by atoms with E-state index < -0.39 is 0 Å². The zero-order valence-corrected chi connectivity index (χ0v) is 12.4. The minimum atomic E-state index is -0.187. The number of thiophene rings is 1. The Morgan fingerprint density at radius 2 is 2.30 bits per heavy atom. The maximum Gasteiger partial charge on any atom is 0.275 e. The fourth-order valence-corrected chi connectivity index (χ4v) is 4.05. The van der Waals surface area contributed by atoms with E-state index in [1.54, 1.807) is 0 Å². The maximum absolute atomic E-state index is 12.0. The number of likely N-dealkylation sites (tertiary alicyclic amines) is 1. The van der Waals surface area contributed by atoms with Crippen LogP contribution in [-0.2, 0) is 6.54 Å². The van der Waals surface area contributed by atoms with E-state index in [1.807, 2.05) is 12.1 Å². The smallest absolute Gasteiger partial charge is 0.275 e. The van der Waals surface area contributed by atoms with Crippen molar-refractivity contribution >= 4 is 27.3 Å². The van der Waals surface area contributed by atoms with Gasteiger partial charge in [0.15, 0.2) is 0 Å². The van der Waals surface area contributed by atoms with Gasteiger partial charge in [0.2, 0.25) is 0 Å². The first-order valence-corrected chi connectivity index (χ1v) is 7.77. The molecule has 1 aliphatic heterocycles. The van der Waals surface area contributed by atoms with Gasteiger partial charge in [-0.1, -0.05) is 18.2 Å². The summed E-state index contributed by atoms with van der Waals surface area (Å²) in [6.07, 6.45) is 2.47. The van der Waals surface area contributed by atoms with Crippen molar-refractivity contribution < 1.29 is 4.79 Å². The number of amides is 1. The Labute approximate surface area is 122 Å². The molecule has 5 heteroatoms. The van der Waals surface area contributed by atoms with E-state index in [4.69, 9.17) is 5.84 Å². The van der Waals surface area contributed by atoms with Gasteiger partial charge in [0.1, 0.15) is 0 Å². The van der Waals surface area contributed by atoms with Gasteiger partial charge in [-0.2, -0.15) is 0 Å². The Kier molecular flexibility index (Phi) is 3.74. The molecule has 1 unspecified atom stereocenters. The number of hydrazine groups is 1. The lowest BCUT2D eigenvalue weighted by Gasteiger charge is -2.21. The predicted molar refractivity (Wildman–Crippen MR) is 82.6 cm³/mol. The summed E-state index contributed by atoms with van der Waals surface area (Å²) < 4.78 is 1.15. The molecule has 1 saturated heterocycles. The van der Waals surface area contributed by atoms with Crippen LogP contribution in [0.25, 0.3) is 10.1 Å². The van der Waals surface area contributed by atoms with Crippen molar-refractivity contribution in [2.45, 2.75) is 32.4 Å². The summed E-state index contributed by atoms with van der Waals surface area (Å²) in [6.45, 7) is 4.19. The monoisotopic (exact) mass is 289 g/mol. The second kappa shape index (κ2) is 5.52. The molecule has 0 aliphatic carbocycles. The molecule has 4 nitrogen and oxygen atoms in total. The molecule has 1 aromatic carbocycles. The van der Waals surface area contributed by atoms with Crippen molar-refractivity contribution in [3.8, 4) is 0 Å². The van der Waals surface area contributed by atoms with E-state index in [0.717, 1.165) is 28.2 Å². The van der Waals surface area contributed by atoms with Gasteiger partial charge in [0.05, 0.1) is 4.88 Å². The largest absolute Gasteiger partial charge is 0.296 e. The quantitative estimate of drug-likeness (QED) is 0.518. The highest BCUT2D eigenvalue weighted by Crippen LogP contribution is 2.33. The number of nitrogens with one attached hydrogen (secondary N) is 1. The number of carbonyl (C=O) groups is 1. The topological polar surface area (TPSA) is 58.4 Å². The molecule has 3 rings (SSSR count). The molecule has 1 aromatic heterocycles. The summed E-state index contributed by atoms with van der Waals surface area (Å²) in [5, 5.41) is 1.18. The van der Waals surface area contributed by atoms with Gasteiger partial charge in [-0.15, -0.1) is 11.3 Å². The van der Waals surface area contributed by atoms with Crippen LogP contribution in [-0.4, -0.2) is 23.4 Å². The summed E-state index contributed by atoms with van der Waals surface area (Å²) >= 11 is 1.52. The third-order valence-electron chi connectivity index (χ3n) is 4.09. The Morgan fingerprint density at radius 3 is 3.00 bits per heavy atom. The van der Waals surface area contributed by atoms with Crippen LogP contribution in [0, 0.1) is 0 Å². The van der Waals surface area contributed by atoms with Crippen LogP contribution in [0.4, 0.5) is 0 Å². The number of hydrogen-bond acceptors (Lipinski definition) is 4. The van der Waals surface area contributed by atoms with Crippen molar-refractivity contribution in [1.82, 2.24) is 10.3 Å². The molecule has 2 aromatic rings. The van der Waals surface area contributed by atoms with Gasteiger partial charge in [0.25, 0.3) is 5.91 Å². The zero-order chi connectivity index (χ0) is 14.1. The number of carbonyl (C=O) groups excluding carboxylic acids is 1. The van der Waals surface area contributed by atoms with E-state index in [9.17, 15) is 4.79 Å². The van der Waals surface area contributed by atoms with Crippen LogP contribution < -0.4 is 11.3 Å². The number of nitrogen functional groups attached to an aromatic ring is 1. The molecule has 1 aliphatic rings. The fourth-order valence-electron chi connectivity index (χ4n) is 2.94. The Hall–Kier alpha value is -1.43. The Bertz CT molecular complexity index is 637. The van der Waals surface area contributed by atoms with Crippen LogP contribution in [0.2, 0.25) is 0 Å². The minimum absolute atomic E-state index is 0.187. The normalized spacial score (nSPS) is 19.6. The highest BCUT2D eigenvalue weighted by molar-refractivity contribution is 7.21. The summed E-state index contributed by atoms with van der Waals surface area (Å²) in [7, 11) is 0. The van der Waals surface area contributed by atoms with Crippen molar-refractivity contribution in [3.63, 3.8) is 0 Å². The Morgan fingerprint density at radius 1 is 1.50 bits per heavy atom. The number of hydrogen-bond donors (Lipinski definition) is 2. The highest BCUT2D eigenvalue weighted by atomic mass is 32.1. The number of fused-ring (bicyclic) bond motifs is 1.